The predicted octanol–water partition coefficient (Wildman–Crippen LogP) is 4.68. The average Bonchev–Trinajstić information content (AvgIpc) is 3.36. The second-order valence-electron chi connectivity index (χ2n) is 5.56. The molecule has 0 bridgehead atoms. The summed E-state index contributed by atoms with van der Waals surface area (Å²) in [5.41, 5.74) is 2.30. The molecule has 0 radical (unpaired) electrons. The normalized spacial score (nSPS) is 12.4. The number of aromatic nitrogens is 4. The zero-order valence-electron chi connectivity index (χ0n) is 13.8. The second kappa shape index (κ2) is 6.60. The first kappa shape index (κ1) is 15.7. The minimum Gasteiger partial charge on any atom is -0.461 e. The van der Waals surface area contributed by atoms with E-state index in [1.165, 1.54) is 5.56 Å². The van der Waals surface area contributed by atoms with Gasteiger partial charge in [-0.1, -0.05) is 35.1 Å². The van der Waals surface area contributed by atoms with Crippen LogP contribution in [-0.4, -0.2) is 19.7 Å². The fraction of sp³-hybridized carbons (Fsp3) is 0.167. The molecule has 7 heteroatoms. The van der Waals surface area contributed by atoms with Gasteiger partial charge in [0.2, 0.25) is 11.7 Å². The molecule has 0 saturated heterocycles. The van der Waals surface area contributed by atoms with Crippen LogP contribution in [0.1, 0.15) is 23.6 Å². The maximum Gasteiger partial charge on any atom is 0.240 e. The molecule has 0 saturated carbocycles. The number of rotatable bonds is 5. The maximum atomic E-state index is 5.39. The smallest absolute Gasteiger partial charge is 0.240 e. The molecule has 0 aliphatic carbocycles. The molecule has 1 aromatic carbocycles. The van der Waals surface area contributed by atoms with Gasteiger partial charge >= 0.3 is 0 Å². The predicted molar refractivity (Wildman–Crippen MR) is 94.6 cm³/mol. The van der Waals surface area contributed by atoms with E-state index in [2.05, 4.69) is 38.7 Å². The third-order valence-electron chi connectivity index (χ3n) is 3.80. The Morgan fingerprint density at radius 3 is 2.84 bits per heavy atom. The van der Waals surface area contributed by atoms with E-state index in [1.54, 1.807) is 36.4 Å². The van der Waals surface area contributed by atoms with E-state index in [0.29, 0.717) is 17.5 Å². The molecular weight excluding hydrogens is 336 g/mol. The Kier molecular flexibility index (Phi) is 4.15. The van der Waals surface area contributed by atoms with Crippen molar-refractivity contribution < 1.29 is 8.94 Å². The van der Waals surface area contributed by atoms with Crippen LogP contribution in [-0.2, 0) is 0 Å². The lowest BCUT2D eigenvalue weighted by atomic mass is 10.2. The number of aryl methyl sites for hydroxylation is 1. The van der Waals surface area contributed by atoms with Crippen LogP contribution in [0.4, 0.5) is 0 Å². The number of imidazole rings is 1. The van der Waals surface area contributed by atoms with Crippen LogP contribution in [0.5, 0.6) is 0 Å². The molecule has 0 aliphatic heterocycles. The molecule has 3 aromatic heterocycles. The second-order valence-corrected chi connectivity index (χ2v) is 6.87. The number of benzene rings is 1. The van der Waals surface area contributed by atoms with Gasteiger partial charge in [-0.3, -0.25) is 4.57 Å². The molecule has 0 N–H and O–H groups in total. The van der Waals surface area contributed by atoms with Crippen molar-refractivity contribution in [2.24, 2.45) is 0 Å². The first-order chi connectivity index (χ1) is 12.2. The van der Waals surface area contributed by atoms with Crippen molar-refractivity contribution >= 4 is 11.8 Å². The quantitative estimate of drug-likeness (QED) is 0.486. The highest BCUT2D eigenvalue weighted by Gasteiger charge is 2.20. The molecule has 0 unspecified atom stereocenters. The highest BCUT2D eigenvalue weighted by atomic mass is 32.2. The van der Waals surface area contributed by atoms with Crippen LogP contribution in [0.15, 0.2) is 69.2 Å². The maximum absolute atomic E-state index is 5.39. The molecule has 0 amide bonds. The van der Waals surface area contributed by atoms with Crippen molar-refractivity contribution in [1.29, 1.82) is 0 Å². The third-order valence-corrected chi connectivity index (χ3v) is 4.86. The molecule has 126 valence electrons. The van der Waals surface area contributed by atoms with E-state index >= 15 is 0 Å². The molecular formula is C18H16N4O2S. The largest absolute Gasteiger partial charge is 0.461 e. The van der Waals surface area contributed by atoms with Crippen molar-refractivity contribution in [3.05, 3.63) is 66.5 Å². The summed E-state index contributed by atoms with van der Waals surface area (Å²) in [5.74, 6) is 1.58. The standard InChI is InChI=1S/C18H16N4O2S/c1-12-6-3-4-7-14(12)22-10-9-19-18(22)25-13(2)17-20-16(21-24-17)15-8-5-11-23-15/h3-11,13H,1-2H3/t13-/m0/s1. The fourth-order valence-electron chi connectivity index (χ4n) is 2.51. The Bertz CT molecular complexity index is 975. The van der Waals surface area contributed by atoms with Gasteiger partial charge in [0.15, 0.2) is 10.9 Å². The van der Waals surface area contributed by atoms with Crippen LogP contribution in [0.25, 0.3) is 17.3 Å². The van der Waals surface area contributed by atoms with Gasteiger partial charge in [-0.2, -0.15) is 4.98 Å². The van der Waals surface area contributed by atoms with Crippen LogP contribution < -0.4 is 0 Å². The van der Waals surface area contributed by atoms with Gasteiger partial charge in [-0.15, -0.1) is 0 Å². The third kappa shape index (κ3) is 3.10. The molecule has 0 aliphatic rings. The lowest BCUT2D eigenvalue weighted by molar-refractivity contribution is 0.379. The molecule has 3 heterocycles. The van der Waals surface area contributed by atoms with Gasteiger partial charge < -0.3 is 8.94 Å². The van der Waals surface area contributed by atoms with Gasteiger partial charge in [-0.05, 0) is 37.6 Å². The van der Waals surface area contributed by atoms with Gasteiger partial charge in [0, 0.05) is 12.4 Å². The van der Waals surface area contributed by atoms with Gasteiger partial charge in [0.1, 0.15) is 0 Å². The number of hydrogen-bond donors (Lipinski definition) is 0. The van der Waals surface area contributed by atoms with E-state index in [0.717, 1.165) is 10.8 Å². The Morgan fingerprint density at radius 1 is 1.16 bits per heavy atom. The van der Waals surface area contributed by atoms with Gasteiger partial charge in [0.25, 0.3) is 0 Å². The Morgan fingerprint density at radius 2 is 2.04 bits per heavy atom. The Hall–Kier alpha value is -2.80. The van der Waals surface area contributed by atoms with Crippen molar-refractivity contribution in [1.82, 2.24) is 19.7 Å². The topological polar surface area (TPSA) is 69.9 Å². The van der Waals surface area contributed by atoms with E-state index in [-0.39, 0.29) is 5.25 Å². The van der Waals surface area contributed by atoms with Crippen LogP contribution >= 0.6 is 11.8 Å². The summed E-state index contributed by atoms with van der Waals surface area (Å²) in [6.07, 6.45) is 5.34. The number of nitrogens with zero attached hydrogens (tertiary/aromatic N) is 4. The van der Waals surface area contributed by atoms with E-state index in [4.69, 9.17) is 8.94 Å². The highest BCUT2D eigenvalue weighted by Crippen LogP contribution is 2.35. The van der Waals surface area contributed by atoms with Crippen LogP contribution in [0.2, 0.25) is 0 Å². The van der Waals surface area contributed by atoms with Crippen LogP contribution in [0.3, 0.4) is 0 Å². The van der Waals surface area contributed by atoms with Crippen molar-refractivity contribution in [3.63, 3.8) is 0 Å². The summed E-state index contributed by atoms with van der Waals surface area (Å²) in [4.78, 5) is 8.90. The molecule has 0 fully saturated rings. The van der Waals surface area contributed by atoms with E-state index < -0.39 is 0 Å². The highest BCUT2D eigenvalue weighted by molar-refractivity contribution is 7.99. The number of thioether (sulfide) groups is 1. The van der Waals surface area contributed by atoms with E-state index in [9.17, 15) is 0 Å². The monoisotopic (exact) mass is 352 g/mol. The number of furan rings is 1. The lowest BCUT2D eigenvalue weighted by Gasteiger charge is -2.11. The molecule has 0 spiro atoms. The zero-order chi connectivity index (χ0) is 17.2. The fourth-order valence-corrected chi connectivity index (χ4v) is 3.42. The van der Waals surface area contributed by atoms with Crippen molar-refractivity contribution in [3.8, 4) is 17.3 Å². The summed E-state index contributed by atoms with van der Waals surface area (Å²) >= 11 is 1.57. The Labute approximate surface area is 148 Å². The Balaban J connectivity index is 1.57. The van der Waals surface area contributed by atoms with Gasteiger partial charge in [0.05, 0.1) is 17.2 Å². The van der Waals surface area contributed by atoms with Crippen LogP contribution in [0, 0.1) is 6.92 Å². The average molecular weight is 352 g/mol. The molecule has 4 aromatic rings. The summed E-state index contributed by atoms with van der Waals surface area (Å²) in [6.45, 7) is 4.10. The first-order valence-corrected chi connectivity index (χ1v) is 8.74. The van der Waals surface area contributed by atoms with Crippen molar-refractivity contribution in [2.45, 2.75) is 24.3 Å². The first-order valence-electron chi connectivity index (χ1n) is 7.86. The van der Waals surface area contributed by atoms with Gasteiger partial charge in [-0.25, -0.2) is 4.98 Å². The summed E-state index contributed by atoms with van der Waals surface area (Å²) in [5, 5.41) is 4.82. The van der Waals surface area contributed by atoms with E-state index in [1.807, 2.05) is 25.3 Å². The number of hydrogen-bond acceptors (Lipinski definition) is 6. The number of para-hydroxylation sites is 1. The minimum absolute atomic E-state index is 0.0404. The SMILES string of the molecule is Cc1ccccc1-n1ccnc1S[C@@H](C)c1nc(-c2ccco2)no1. The molecule has 1 atom stereocenters. The zero-order valence-corrected chi connectivity index (χ0v) is 14.6. The molecule has 25 heavy (non-hydrogen) atoms. The molecule has 4 rings (SSSR count). The summed E-state index contributed by atoms with van der Waals surface area (Å²) < 4.78 is 12.8. The summed E-state index contributed by atoms with van der Waals surface area (Å²) in [6, 6.07) is 11.8. The molecule has 6 nitrogen and oxygen atoms in total. The summed E-state index contributed by atoms with van der Waals surface area (Å²) in [7, 11) is 0. The van der Waals surface area contributed by atoms with Crippen molar-refractivity contribution in [2.75, 3.05) is 0 Å². The minimum atomic E-state index is -0.0404. The lowest BCUT2D eigenvalue weighted by Crippen LogP contribution is -1.99.